The van der Waals surface area contributed by atoms with E-state index in [1.807, 2.05) is 0 Å². The summed E-state index contributed by atoms with van der Waals surface area (Å²) < 4.78 is 88.4. The molecule has 0 radical (unpaired) electrons. The molecule has 0 N–H and O–H groups in total. The molecule has 0 aliphatic carbocycles. The minimum Gasteiger partial charge on any atom is -0.432 e. The number of carbonyl (C=O) groups excluding carboxylic acids is 1. The fourth-order valence-corrected chi connectivity index (χ4v) is 1.44. The van der Waals surface area contributed by atoms with Crippen molar-refractivity contribution >= 4 is 6.16 Å². The van der Waals surface area contributed by atoms with Crippen LogP contribution in [0.2, 0.25) is 0 Å². The van der Waals surface area contributed by atoms with Crippen molar-refractivity contribution in [3.63, 3.8) is 0 Å². The zero-order valence-electron chi connectivity index (χ0n) is 13.1. The summed E-state index contributed by atoms with van der Waals surface area (Å²) in [5.74, 6) is -13.1. The van der Waals surface area contributed by atoms with Crippen molar-refractivity contribution in [1.29, 1.82) is 0 Å². The molecule has 0 atom stereocenters. The first kappa shape index (κ1) is 21.1. The molecule has 1 aromatic carbocycles. The van der Waals surface area contributed by atoms with E-state index >= 15 is 0 Å². The number of hydrogen-bond acceptors (Lipinski definition) is 6. The van der Waals surface area contributed by atoms with Crippen LogP contribution in [0.15, 0.2) is 0 Å². The quantitative estimate of drug-likeness (QED) is 0.157. The Kier molecular flexibility index (Phi) is 9.10. The van der Waals surface area contributed by atoms with E-state index in [4.69, 9.17) is 14.2 Å². The lowest BCUT2D eigenvalue weighted by atomic mass is 10.3. The Morgan fingerprint density at radius 3 is 1.68 bits per heavy atom. The van der Waals surface area contributed by atoms with Gasteiger partial charge in [-0.2, -0.15) is 8.78 Å². The Labute approximate surface area is 139 Å². The van der Waals surface area contributed by atoms with Crippen LogP contribution < -0.4 is 4.74 Å². The lowest BCUT2D eigenvalue weighted by Gasteiger charge is -2.09. The predicted molar refractivity (Wildman–Crippen MR) is 71.7 cm³/mol. The Balaban J connectivity index is 2.34. The number of methoxy groups -OCH3 is 1. The molecule has 1 rings (SSSR count). The Morgan fingerprint density at radius 1 is 0.720 bits per heavy atom. The lowest BCUT2D eigenvalue weighted by molar-refractivity contribution is 0.00824. The molecule has 0 saturated heterocycles. The van der Waals surface area contributed by atoms with Crippen LogP contribution in [0.3, 0.4) is 0 Å². The van der Waals surface area contributed by atoms with Crippen LogP contribution in [0, 0.1) is 29.1 Å². The minimum atomic E-state index is -2.36. The number of hydrogen-bond donors (Lipinski definition) is 0. The SMILES string of the molecule is COCCOCCOCCOC(=O)Oc1c(F)c(F)c(F)c(F)c1F. The zero-order chi connectivity index (χ0) is 18.8. The minimum absolute atomic E-state index is 0.0974. The summed E-state index contributed by atoms with van der Waals surface area (Å²) >= 11 is 0. The molecular weight excluding hydrogens is 359 g/mol. The number of benzene rings is 1. The maximum atomic E-state index is 13.3. The average Bonchev–Trinajstić information content (AvgIpc) is 2.60. The van der Waals surface area contributed by atoms with Crippen molar-refractivity contribution in [3.8, 4) is 5.75 Å². The van der Waals surface area contributed by atoms with E-state index in [1.165, 1.54) is 7.11 Å². The van der Waals surface area contributed by atoms with Crippen LogP contribution in [0.25, 0.3) is 0 Å². The summed E-state index contributed by atoms with van der Waals surface area (Å²) in [6, 6.07) is 0. The van der Waals surface area contributed by atoms with Gasteiger partial charge in [-0.3, -0.25) is 0 Å². The molecule has 142 valence electrons. The average molecular weight is 374 g/mol. The van der Waals surface area contributed by atoms with Gasteiger partial charge in [-0.25, -0.2) is 18.0 Å². The molecule has 0 heterocycles. The third kappa shape index (κ3) is 6.44. The smallest absolute Gasteiger partial charge is 0.432 e. The van der Waals surface area contributed by atoms with Gasteiger partial charge >= 0.3 is 6.16 Å². The van der Waals surface area contributed by atoms with Crippen LogP contribution in [0.5, 0.6) is 5.75 Å². The summed E-state index contributed by atoms with van der Waals surface area (Å²) in [6.07, 6.45) is -1.65. The highest BCUT2D eigenvalue weighted by atomic mass is 19.2. The van der Waals surface area contributed by atoms with Crippen molar-refractivity contribution in [3.05, 3.63) is 29.1 Å². The van der Waals surface area contributed by atoms with Gasteiger partial charge < -0.3 is 23.7 Å². The van der Waals surface area contributed by atoms with E-state index in [2.05, 4.69) is 9.47 Å². The highest BCUT2D eigenvalue weighted by Gasteiger charge is 2.28. The molecule has 1 aromatic rings. The number of carbonyl (C=O) groups is 1. The highest BCUT2D eigenvalue weighted by molar-refractivity contribution is 5.64. The summed E-state index contributed by atoms with van der Waals surface area (Å²) in [5, 5.41) is 0. The van der Waals surface area contributed by atoms with Crippen LogP contribution >= 0.6 is 0 Å². The molecule has 0 spiro atoms. The van der Waals surface area contributed by atoms with Crippen LogP contribution in [-0.2, 0) is 18.9 Å². The standard InChI is InChI=1S/C14H15F5O6/c1-21-2-3-22-4-5-23-6-7-24-14(20)25-13-11(18)9(16)8(15)10(17)12(13)19/h2-7H2,1H3. The molecule has 0 aliphatic heterocycles. The van der Waals surface area contributed by atoms with Gasteiger partial charge in [0, 0.05) is 7.11 Å². The third-order valence-electron chi connectivity index (χ3n) is 2.61. The van der Waals surface area contributed by atoms with Crippen molar-refractivity contribution in [1.82, 2.24) is 0 Å². The molecule has 0 saturated carbocycles. The van der Waals surface area contributed by atoms with Crippen molar-refractivity contribution < 1.29 is 50.4 Å². The molecule has 11 heteroatoms. The molecule has 0 amide bonds. The van der Waals surface area contributed by atoms with Crippen molar-refractivity contribution in [2.24, 2.45) is 0 Å². The Bertz CT molecular complexity index is 554. The van der Waals surface area contributed by atoms with Crippen LogP contribution in [-0.4, -0.2) is 52.9 Å². The van der Waals surface area contributed by atoms with Gasteiger partial charge in [-0.15, -0.1) is 0 Å². The second kappa shape index (κ2) is 10.8. The molecular formula is C14H15F5O6. The number of rotatable bonds is 10. The summed E-state index contributed by atoms with van der Waals surface area (Å²) in [7, 11) is 1.52. The van der Waals surface area contributed by atoms with E-state index < -0.39 is 41.0 Å². The Hall–Kier alpha value is -1.98. The van der Waals surface area contributed by atoms with Gasteiger partial charge in [0.05, 0.1) is 33.0 Å². The fraction of sp³-hybridized carbons (Fsp3) is 0.500. The first-order valence-corrected chi connectivity index (χ1v) is 6.90. The summed E-state index contributed by atoms with van der Waals surface area (Å²) in [5.41, 5.74) is 0. The predicted octanol–water partition coefficient (Wildman–Crippen LogP) is 2.58. The molecule has 0 bridgehead atoms. The normalized spacial score (nSPS) is 10.8. The largest absolute Gasteiger partial charge is 0.514 e. The maximum absolute atomic E-state index is 13.3. The second-order valence-corrected chi connectivity index (χ2v) is 4.32. The van der Waals surface area contributed by atoms with Gasteiger partial charge in [0.2, 0.25) is 34.8 Å². The lowest BCUT2D eigenvalue weighted by Crippen LogP contribution is -2.18. The van der Waals surface area contributed by atoms with E-state index in [1.54, 1.807) is 0 Å². The van der Waals surface area contributed by atoms with Crippen molar-refractivity contribution in [2.45, 2.75) is 0 Å². The topological polar surface area (TPSA) is 63.2 Å². The van der Waals surface area contributed by atoms with Gasteiger partial charge in [0.15, 0.2) is 0 Å². The van der Waals surface area contributed by atoms with E-state index in [9.17, 15) is 26.7 Å². The van der Waals surface area contributed by atoms with Gasteiger partial charge in [-0.05, 0) is 0 Å². The fourth-order valence-electron chi connectivity index (χ4n) is 1.44. The summed E-state index contributed by atoms with van der Waals surface area (Å²) in [4.78, 5) is 11.2. The van der Waals surface area contributed by atoms with E-state index in [-0.39, 0.29) is 26.4 Å². The van der Waals surface area contributed by atoms with Gasteiger partial charge in [-0.1, -0.05) is 0 Å². The molecule has 0 aliphatic rings. The van der Waals surface area contributed by atoms with E-state index in [0.717, 1.165) is 0 Å². The van der Waals surface area contributed by atoms with Gasteiger partial charge in [0.1, 0.15) is 6.61 Å². The third-order valence-corrected chi connectivity index (χ3v) is 2.61. The number of ether oxygens (including phenoxy) is 5. The summed E-state index contributed by atoms with van der Waals surface area (Å²) in [6.45, 7) is 0.779. The molecule has 0 fully saturated rings. The molecule has 6 nitrogen and oxygen atoms in total. The number of halogens is 5. The zero-order valence-corrected chi connectivity index (χ0v) is 13.1. The second-order valence-electron chi connectivity index (χ2n) is 4.32. The van der Waals surface area contributed by atoms with Crippen LogP contribution in [0.4, 0.5) is 26.7 Å². The van der Waals surface area contributed by atoms with Crippen molar-refractivity contribution in [2.75, 3.05) is 46.8 Å². The monoisotopic (exact) mass is 374 g/mol. The molecule has 25 heavy (non-hydrogen) atoms. The first-order chi connectivity index (χ1) is 11.9. The molecule has 0 aromatic heterocycles. The van der Waals surface area contributed by atoms with Gasteiger partial charge in [0.25, 0.3) is 0 Å². The van der Waals surface area contributed by atoms with Crippen LogP contribution in [0.1, 0.15) is 0 Å². The van der Waals surface area contributed by atoms with E-state index in [0.29, 0.717) is 13.2 Å². The maximum Gasteiger partial charge on any atom is 0.514 e. The first-order valence-electron chi connectivity index (χ1n) is 6.90. The Morgan fingerprint density at radius 2 is 1.16 bits per heavy atom. The molecule has 0 unspecified atom stereocenters. The highest BCUT2D eigenvalue weighted by Crippen LogP contribution is 2.29.